The van der Waals surface area contributed by atoms with Crippen LogP contribution in [0.4, 0.5) is 11.4 Å². The van der Waals surface area contributed by atoms with Crippen LogP contribution in [-0.2, 0) is 0 Å². The number of aliphatic hydroxyl groups is 1. The van der Waals surface area contributed by atoms with E-state index in [1.54, 1.807) is 31.5 Å². The maximum Gasteiger partial charge on any atom is 0.251 e. The second kappa shape index (κ2) is 7.24. The Balaban J connectivity index is 1.95. The molecule has 23 heavy (non-hydrogen) atoms. The average molecular weight is 313 g/mol. The van der Waals surface area contributed by atoms with Crippen molar-refractivity contribution in [3.05, 3.63) is 54.4 Å². The van der Waals surface area contributed by atoms with E-state index in [2.05, 4.69) is 15.6 Å². The molecule has 0 saturated carbocycles. The predicted molar refractivity (Wildman–Crippen MR) is 91.8 cm³/mol. The van der Waals surface area contributed by atoms with Crippen LogP contribution in [-0.4, -0.2) is 28.1 Å². The number of nitrogens with zero attached hydrogens (tertiary/aromatic N) is 1. The van der Waals surface area contributed by atoms with Crippen molar-refractivity contribution in [1.29, 1.82) is 0 Å². The molecule has 0 saturated heterocycles. The standard InChI is InChI=1S/C18H23N3O2/c1-13(2)18(3,23)12-20-17(22)14-4-6-15(7-5-14)21-16-8-10-19-11-9-16/h4-11,13,23H,12H2,1-3H3,(H,19,21)(H,20,22). The second-order valence-corrected chi connectivity index (χ2v) is 6.13. The number of carbonyl (C=O) groups excluding carboxylic acids is 1. The zero-order chi connectivity index (χ0) is 16.9. The van der Waals surface area contributed by atoms with Gasteiger partial charge in [0.15, 0.2) is 0 Å². The molecular weight excluding hydrogens is 290 g/mol. The van der Waals surface area contributed by atoms with Gasteiger partial charge in [0.2, 0.25) is 0 Å². The third-order valence-corrected chi connectivity index (χ3v) is 3.97. The van der Waals surface area contributed by atoms with E-state index in [1.165, 1.54) is 0 Å². The van der Waals surface area contributed by atoms with E-state index in [0.29, 0.717) is 5.56 Å². The van der Waals surface area contributed by atoms with Crippen molar-refractivity contribution in [1.82, 2.24) is 10.3 Å². The number of anilines is 2. The topological polar surface area (TPSA) is 74.2 Å². The number of benzene rings is 1. The molecular formula is C18H23N3O2. The van der Waals surface area contributed by atoms with Crippen LogP contribution in [0.25, 0.3) is 0 Å². The highest BCUT2D eigenvalue weighted by molar-refractivity contribution is 5.94. The normalized spacial score (nSPS) is 13.4. The molecule has 0 bridgehead atoms. The maximum atomic E-state index is 12.1. The number of nitrogens with one attached hydrogen (secondary N) is 2. The summed E-state index contributed by atoms with van der Waals surface area (Å²) in [6.07, 6.45) is 3.43. The fraction of sp³-hybridized carbons (Fsp3) is 0.333. The van der Waals surface area contributed by atoms with Crippen LogP contribution in [0.15, 0.2) is 48.8 Å². The van der Waals surface area contributed by atoms with E-state index in [-0.39, 0.29) is 18.4 Å². The molecule has 1 amide bonds. The molecule has 2 rings (SSSR count). The zero-order valence-corrected chi connectivity index (χ0v) is 13.7. The minimum Gasteiger partial charge on any atom is -0.388 e. The Labute approximate surface area is 136 Å². The molecule has 0 aliphatic rings. The molecule has 122 valence electrons. The van der Waals surface area contributed by atoms with E-state index < -0.39 is 5.60 Å². The Morgan fingerprint density at radius 2 is 1.70 bits per heavy atom. The lowest BCUT2D eigenvalue weighted by Crippen LogP contribution is -2.44. The molecule has 1 unspecified atom stereocenters. The summed E-state index contributed by atoms with van der Waals surface area (Å²) in [5.41, 5.74) is 1.47. The van der Waals surface area contributed by atoms with Crippen molar-refractivity contribution < 1.29 is 9.90 Å². The number of pyridine rings is 1. The molecule has 0 radical (unpaired) electrons. The van der Waals surface area contributed by atoms with E-state index >= 15 is 0 Å². The van der Waals surface area contributed by atoms with Crippen molar-refractivity contribution in [3.8, 4) is 0 Å². The van der Waals surface area contributed by atoms with Gasteiger partial charge in [-0.05, 0) is 49.2 Å². The largest absolute Gasteiger partial charge is 0.388 e. The summed E-state index contributed by atoms with van der Waals surface area (Å²) < 4.78 is 0. The van der Waals surface area contributed by atoms with Gasteiger partial charge >= 0.3 is 0 Å². The van der Waals surface area contributed by atoms with Crippen LogP contribution in [0.3, 0.4) is 0 Å². The number of aromatic nitrogens is 1. The van der Waals surface area contributed by atoms with Crippen LogP contribution in [0.5, 0.6) is 0 Å². The third-order valence-electron chi connectivity index (χ3n) is 3.97. The zero-order valence-electron chi connectivity index (χ0n) is 13.7. The van der Waals surface area contributed by atoms with Crippen molar-refractivity contribution in [3.63, 3.8) is 0 Å². The van der Waals surface area contributed by atoms with Crippen molar-refractivity contribution in [2.45, 2.75) is 26.4 Å². The number of carbonyl (C=O) groups is 1. The van der Waals surface area contributed by atoms with Crippen LogP contribution >= 0.6 is 0 Å². The van der Waals surface area contributed by atoms with Crippen LogP contribution in [0.1, 0.15) is 31.1 Å². The number of hydrogen-bond donors (Lipinski definition) is 3. The van der Waals surface area contributed by atoms with E-state index in [9.17, 15) is 9.90 Å². The molecule has 2 aromatic rings. The lowest BCUT2D eigenvalue weighted by molar-refractivity contribution is 0.0142. The first-order valence-electron chi connectivity index (χ1n) is 7.66. The molecule has 0 aliphatic heterocycles. The molecule has 5 nitrogen and oxygen atoms in total. The molecule has 1 atom stereocenters. The lowest BCUT2D eigenvalue weighted by atomic mass is 9.92. The number of amides is 1. The summed E-state index contributed by atoms with van der Waals surface area (Å²) in [7, 11) is 0. The fourth-order valence-corrected chi connectivity index (χ4v) is 1.87. The monoisotopic (exact) mass is 313 g/mol. The van der Waals surface area contributed by atoms with Crippen LogP contribution < -0.4 is 10.6 Å². The average Bonchev–Trinajstić information content (AvgIpc) is 2.54. The summed E-state index contributed by atoms with van der Waals surface area (Å²) in [5, 5.41) is 16.2. The molecule has 1 heterocycles. The van der Waals surface area contributed by atoms with Gasteiger partial charge in [-0.1, -0.05) is 13.8 Å². The Morgan fingerprint density at radius 3 is 2.26 bits per heavy atom. The van der Waals surface area contributed by atoms with Gasteiger partial charge in [0.05, 0.1) is 5.60 Å². The van der Waals surface area contributed by atoms with E-state index in [4.69, 9.17) is 0 Å². The highest BCUT2D eigenvalue weighted by atomic mass is 16.3. The van der Waals surface area contributed by atoms with Crippen LogP contribution in [0, 0.1) is 5.92 Å². The summed E-state index contributed by atoms with van der Waals surface area (Å²) >= 11 is 0. The number of hydrogen-bond acceptors (Lipinski definition) is 4. The SMILES string of the molecule is CC(C)C(C)(O)CNC(=O)c1ccc(Nc2ccncc2)cc1. The summed E-state index contributed by atoms with van der Waals surface area (Å²) in [4.78, 5) is 16.1. The van der Waals surface area contributed by atoms with Crippen molar-refractivity contribution in [2.75, 3.05) is 11.9 Å². The van der Waals surface area contributed by atoms with Gasteiger partial charge in [-0.3, -0.25) is 9.78 Å². The first-order valence-corrected chi connectivity index (χ1v) is 7.66. The van der Waals surface area contributed by atoms with Gasteiger partial charge in [-0.25, -0.2) is 0 Å². The molecule has 5 heteroatoms. The van der Waals surface area contributed by atoms with Crippen molar-refractivity contribution in [2.24, 2.45) is 5.92 Å². The van der Waals surface area contributed by atoms with E-state index in [0.717, 1.165) is 11.4 Å². The first kappa shape index (κ1) is 17.0. The first-order chi connectivity index (χ1) is 10.9. The summed E-state index contributed by atoms with van der Waals surface area (Å²) in [6, 6.07) is 10.9. The van der Waals surface area contributed by atoms with E-state index in [1.807, 2.05) is 38.1 Å². The Morgan fingerprint density at radius 1 is 1.13 bits per heavy atom. The minimum atomic E-state index is -0.918. The number of rotatable bonds is 6. The third kappa shape index (κ3) is 4.79. The van der Waals surface area contributed by atoms with Gasteiger partial charge < -0.3 is 15.7 Å². The minimum absolute atomic E-state index is 0.0646. The van der Waals surface area contributed by atoms with Gasteiger partial charge in [0.25, 0.3) is 5.91 Å². The van der Waals surface area contributed by atoms with Gasteiger partial charge in [0, 0.05) is 35.9 Å². The maximum absolute atomic E-state index is 12.1. The predicted octanol–water partition coefficient (Wildman–Crippen LogP) is 2.96. The van der Waals surface area contributed by atoms with Gasteiger partial charge in [-0.15, -0.1) is 0 Å². The lowest BCUT2D eigenvalue weighted by Gasteiger charge is -2.27. The molecule has 0 spiro atoms. The smallest absolute Gasteiger partial charge is 0.251 e. The molecule has 1 aromatic carbocycles. The Kier molecular flexibility index (Phi) is 5.34. The van der Waals surface area contributed by atoms with Gasteiger partial charge in [0.1, 0.15) is 0 Å². The Hall–Kier alpha value is -2.40. The molecule has 0 aliphatic carbocycles. The summed E-state index contributed by atoms with van der Waals surface area (Å²) in [5.74, 6) is -0.129. The second-order valence-electron chi connectivity index (χ2n) is 6.13. The van der Waals surface area contributed by atoms with Crippen molar-refractivity contribution >= 4 is 17.3 Å². The van der Waals surface area contributed by atoms with Gasteiger partial charge in [-0.2, -0.15) is 0 Å². The highest BCUT2D eigenvalue weighted by Gasteiger charge is 2.25. The Bertz CT molecular complexity index is 637. The fourth-order valence-electron chi connectivity index (χ4n) is 1.87. The quantitative estimate of drug-likeness (QED) is 0.766. The summed E-state index contributed by atoms with van der Waals surface area (Å²) in [6.45, 7) is 5.79. The highest BCUT2D eigenvalue weighted by Crippen LogP contribution is 2.17. The van der Waals surface area contributed by atoms with Crippen LogP contribution in [0.2, 0.25) is 0 Å². The molecule has 3 N–H and O–H groups in total. The molecule has 0 fully saturated rings. The molecule has 1 aromatic heterocycles.